The predicted molar refractivity (Wildman–Crippen MR) is 118 cm³/mol. The van der Waals surface area contributed by atoms with Crippen LogP contribution in [-0.2, 0) is 4.79 Å². The first-order chi connectivity index (χ1) is 14.8. The number of carbonyl (C=O) groups is 1. The van der Waals surface area contributed by atoms with E-state index in [0.29, 0.717) is 27.9 Å². The Kier molecular flexibility index (Phi) is 6.81. The van der Waals surface area contributed by atoms with Gasteiger partial charge >= 0.3 is 0 Å². The van der Waals surface area contributed by atoms with Gasteiger partial charge in [0.2, 0.25) is 5.88 Å². The number of aromatic nitrogens is 2. The molecule has 31 heavy (non-hydrogen) atoms. The summed E-state index contributed by atoms with van der Waals surface area (Å²) >= 11 is 6.06. The van der Waals surface area contributed by atoms with Crippen molar-refractivity contribution in [2.45, 2.75) is 20.0 Å². The molecule has 1 heterocycles. The Hall–Kier alpha value is -3.52. The molecule has 8 nitrogen and oxygen atoms in total. The maximum atomic E-state index is 12.6. The lowest BCUT2D eigenvalue weighted by molar-refractivity contribution is -0.122. The number of rotatable bonds is 7. The molecule has 0 aliphatic heterocycles. The van der Waals surface area contributed by atoms with Gasteiger partial charge in [0.15, 0.2) is 17.6 Å². The zero-order valence-corrected chi connectivity index (χ0v) is 18.3. The Morgan fingerprint density at radius 1 is 1.06 bits per heavy atom. The summed E-state index contributed by atoms with van der Waals surface area (Å²) in [4.78, 5) is 24.9. The van der Waals surface area contributed by atoms with Gasteiger partial charge in [0.1, 0.15) is 0 Å². The van der Waals surface area contributed by atoms with Crippen molar-refractivity contribution in [2.24, 2.45) is 0 Å². The molecule has 3 aromatic rings. The van der Waals surface area contributed by atoms with Crippen LogP contribution < -0.4 is 25.1 Å². The predicted octanol–water partition coefficient (Wildman–Crippen LogP) is 3.62. The van der Waals surface area contributed by atoms with E-state index >= 15 is 0 Å². The average Bonchev–Trinajstić information content (AvgIpc) is 2.76. The third kappa shape index (κ3) is 5.16. The minimum absolute atomic E-state index is 0.119. The number of benzene rings is 2. The Morgan fingerprint density at radius 3 is 2.52 bits per heavy atom. The van der Waals surface area contributed by atoms with Crippen molar-refractivity contribution in [3.63, 3.8) is 0 Å². The van der Waals surface area contributed by atoms with Gasteiger partial charge in [-0.1, -0.05) is 17.7 Å². The Bertz CT molecular complexity index is 1160. The molecule has 3 rings (SSSR count). The number of hydrogen-bond acceptors (Lipinski definition) is 6. The number of nitrogens with one attached hydrogen (secondary N) is 1. The number of nitrogens with zero attached hydrogens (tertiary/aromatic N) is 2. The van der Waals surface area contributed by atoms with Crippen LogP contribution in [0.1, 0.15) is 12.5 Å². The summed E-state index contributed by atoms with van der Waals surface area (Å²) in [6, 6.07) is 12.9. The van der Waals surface area contributed by atoms with Crippen molar-refractivity contribution in [1.29, 1.82) is 0 Å². The van der Waals surface area contributed by atoms with Crippen LogP contribution in [0, 0.1) is 6.92 Å². The highest BCUT2D eigenvalue weighted by atomic mass is 35.5. The molecule has 0 spiro atoms. The van der Waals surface area contributed by atoms with Gasteiger partial charge in [-0.2, -0.15) is 4.68 Å². The highest BCUT2D eigenvalue weighted by molar-refractivity contribution is 6.30. The molecule has 0 fully saturated rings. The Labute approximate surface area is 184 Å². The van der Waals surface area contributed by atoms with E-state index in [1.54, 1.807) is 43.3 Å². The molecule has 1 amide bonds. The second kappa shape index (κ2) is 9.53. The van der Waals surface area contributed by atoms with Gasteiger partial charge in [0, 0.05) is 28.9 Å². The minimum Gasteiger partial charge on any atom is -0.493 e. The zero-order chi connectivity index (χ0) is 22.5. The molecule has 1 atom stereocenters. The van der Waals surface area contributed by atoms with Crippen LogP contribution in [0.2, 0.25) is 5.02 Å². The maximum Gasteiger partial charge on any atom is 0.271 e. The number of anilines is 1. The molecule has 162 valence electrons. The van der Waals surface area contributed by atoms with Crippen LogP contribution in [0.25, 0.3) is 5.69 Å². The van der Waals surface area contributed by atoms with E-state index in [9.17, 15) is 9.59 Å². The highest BCUT2D eigenvalue weighted by Crippen LogP contribution is 2.29. The summed E-state index contributed by atoms with van der Waals surface area (Å²) in [7, 11) is 3.04. The topological polar surface area (TPSA) is 91.7 Å². The van der Waals surface area contributed by atoms with Crippen LogP contribution in [-0.4, -0.2) is 36.0 Å². The Balaban J connectivity index is 1.77. The molecule has 0 bridgehead atoms. The molecule has 1 N–H and O–H groups in total. The number of methoxy groups -OCH3 is 2. The number of ether oxygens (including phenoxy) is 3. The van der Waals surface area contributed by atoms with Gasteiger partial charge in [0.25, 0.3) is 11.5 Å². The van der Waals surface area contributed by atoms with E-state index in [-0.39, 0.29) is 11.4 Å². The summed E-state index contributed by atoms with van der Waals surface area (Å²) in [5.74, 6) is 0.756. The van der Waals surface area contributed by atoms with E-state index < -0.39 is 12.0 Å². The SMILES string of the molecule is COc1ccc(NC(=O)[C@@H](C)Oc2ccc(=O)n(-c3cc(Cl)ccc3C)n2)cc1OC. The monoisotopic (exact) mass is 443 g/mol. The second-order valence-corrected chi connectivity index (χ2v) is 7.11. The molecule has 2 aromatic carbocycles. The standard InChI is InChI=1S/C22H22ClN3O5/c1-13-5-6-15(23)11-17(13)26-21(27)10-9-20(25-26)31-14(2)22(28)24-16-7-8-18(29-3)19(12-16)30-4/h5-12,14H,1-4H3,(H,24,28)/t14-/m1/s1. The van der Waals surface area contributed by atoms with Crippen molar-refractivity contribution < 1.29 is 19.0 Å². The number of aryl methyl sites for hydroxylation is 1. The van der Waals surface area contributed by atoms with Gasteiger partial charge in [-0.05, 0) is 43.7 Å². The van der Waals surface area contributed by atoms with E-state index in [1.807, 2.05) is 6.92 Å². The van der Waals surface area contributed by atoms with E-state index in [0.717, 1.165) is 5.56 Å². The van der Waals surface area contributed by atoms with Gasteiger partial charge in [0.05, 0.1) is 19.9 Å². The van der Waals surface area contributed by atoms with Crippen LogP contribution in [0.15, 0.2) is 53.3 Å². The first-order valence-corrected chi connectivity index (χ1v) is 9.76. The Morgan fingerprint density at radius 2 is 1.81 bits per heavy atom. The van der Waals surface area contributed by atoms with Gasteiger partial charge in [-0.3, -0.25) is 9.59 Å². The average molecular weight is 444 g/mol. The summed E-state index contributed by atoms with van der Waals surface area (Å²) < 4.78 is 17.3. The fraction of sp³-hybridized carbons (Fsp3) is 0.227. The highest BCUT2D eigenvalue weighted by Gasteiger charge is 2.18. The summed E-state index contributed by atoms with van der Waals surface area (Å²) in [5.41, 5.74) is 1.52. The molecular formula is C22H22ClN3O5. The molecule has 0 aliphatic rings. The first-order valence-electron chi connectivity index (χ1n) is 9.39. The molecule has 0 saturated heterocycles. The number of hydrogen-bond donors (Lipinski definition) is 1. The first kappa shape index (κ1) is 22.2. The molecule has 9 heteroatoms. The summed E-state index contributed by atoms with van der Waals surface area (Å²) in [6.07, 6.45) is -0.882. The fourth-order valence-corrected chi connectivity index (χ4v) is 3.00. The van der Waals surface area contributed by atoms with E-state index in [2.05, 4.69) is 10.4 Å². The summed E-state index contributed by atoms with van der Waals surface area (Å²) in [5, 5.41) is 7.45. The molecule has 0 aliphatic carbocycles. The molecule has 0 saturated carbocycles. The quantitative estimate of drug-likeness (QED) is 0.599. The largest absolute Gasteiger partial charge is 0.493 e. The van der Waals surface area contributed by atoms with Crippen molar-refractivity contribution in [2.75, 3.05) is 19.5 Å². The van der Waals surface area contributed by atoms with Crippen molar-refractivity contribution in [3.8, 4) is 23.1 Å². The molecule has 1 aromatic heterocycles. The lowest BCUT2D eigenvalue weighted by Crippen LogP contribution is -2.31. The van der Waals surface area contributed by atoms with Crippen molar-refractivity contribution in [3.05, 3.63) is 69.5 Å². The molecule has 0 unspecified atom stereocenters. The third-order valence-electron chi connectivity index (χ3n) is 4.49. The third-order valence-corrected chi connectivity index (χ3v) is 4.73. The number of carbonyl (C=O) groups excluding carboxylic acids is 1. The minimum atomic E-state index is -0.882. The van der Waals surface area contributed by atoms with Crippen LogP contribution in [0.4, 0.5) is 5.69 Å². The van der Waals surface area contributed by atoms with Crippen LogP contribution in [0.3, 0.4) is 0 Å². The van der Waals surface area contributed by atoms with Gasteiger partial charge in [-0.15, -0.1) is 5.10 Å². The molecular weight excluding hydrogens is 422 g/mol. The van der Waals surface area contributed by atoms with Gasteiger partial charge in [-0.25, -0.2) is 0 Å². The smallest absolute Gasteiger partial charge is 0.271 e. The van der Waals surface area contributed by atoms with Gasteiger partial charge < -0.3 is 19.5 Å². The fourth-order valence-electron chi connectivity index (χ4n) is 2.83. The second-order valence-electron chi connectivity index (χ2n) is 6.67. The molecule has 0 radical (unpaired) electrons. The lowest BCUT2D eigenvalue weighted by atomic mass is 10.2. The van der Waals surface area contributed by atoms with E-state index in [1.165, 1.54) is 31.0 Å². The van der Waals surface area contributed by atoms with Crippen molar-refractivity contribution >= 4 is 23.2 Å². The lowest BCUT2D eigenvalue weighted by Gasteiger charge is -2.16. The number of halogens is 1. The number of amides is 1. The maximum absolute atomic E-state index is 12.6. The normalized spacial score (nSPS) is 11.5. The van der Waals surface area contributed by atoms with Crippen molar-refractivity contribution in [1.82, 2.24) is 9.78 Å². The van der Waals surface area contributed by atoms with Crippen LogP contribution >= 0.6 is 11.6 Å². The van der Waals surface area contributed by atoms with Crippen LogP contribution in [0.5, 0.6) is 17.4 Å². The van der Waals surface area contributed by atoms with E-state index in [4.69, 9.17) is 25.8 Å². The summed E-state index contributed by atoms with van der Waals surface area (Å²) in [6.45, 7) is 3.42. The zero-order valence-electron chi connectivity index (χ0n) is 17.5.